The molecule has 8 nitrogen and oxygen atoms in total. The zero-order chi connectivity index (χ0) is 44.9. The van der Waals surface area contributed by atoms with Crippen LogP contribution >= 0.6 is 7.14 Å². The summed E-state index contributed by atoms with van der Waals surface area (Å²) in [4.78, 5) is 51.3. The average Bonchev–Trinajstić information content (AvgIpc) is 3.30. The monoisotopic (exact) mass is 1020 g/mol. The molecule has 8 rings (SSSR count). The van der Waals surface area contributed by atoms with Crippen LogP contribution < -0.4 is 26.4 Å². The number of pyridine rings is 1. The van der Waals surface area contributed by atoms with Crippen molar-refractivity contribution in [1.82, 2.24) is 4.57 Å². The SMILES string of the molecule is CC(=O)c1ccc(N(c2ccc(C(C)=O)cc2)c2ccc3c(O)c(C(=O)C(F)(F)F)c(=O)n(-c4ccccc4)c3c2)cc1.O=P(c1ccccc1)(c1ccccc1)c1ccccc1.[Eu]. The van der Waals surface area contributed by atoms with Gasteiger partial charge in [-0.3, -0.25) is 23.7 Å². The van der Waals surface area contributed by atoms with Crippen molar-refractivity contribution in [2.24, 2.45) is 0 Å². The number of anilines is 3. The Morgan fingerprint density at radius 1 is 0.562 bits per heavy atom. The summed E-state index contributed by atoms with van der Waals surface area (Å²) < 4.78 is 55.2. The fourth-order valence-electron chi connectivity index (χ4n) is 7.18. The molecule has 1 aromatic heterocycles. The van der Waals surface area contributed by atoms with E-state index in [1.807, 2.05) is 91.0 Å². The molecule has 8 aromatic rings. The number of halogens is 3. The van der Waals surface area contributed by atoms with Gasteiger partial charge in [-0.15, -0.1) is 0 Å². The van der Waals surface area contributed by atoms with E-state index in [4.69, 9.17) is 0 Å². The first-order valence-electron chi connectivity index (χ1n) is 19.6. The van der Waals surface area contributed by atoms with Gasteiger partial charge in [0.25, 0.3) is 11.3 Å². The van der Waals surface area contributed by atoms with Gasteiger partial charge >= 0.3 is 6.18 Å². The molecule has 0 aliphatic heterocycles. The zero-order valence-electron chi connectivity index (χ0n) is 34.2. The number of rotatable bonds is 10. The molecule has 0 amide bonds. The van der Waals surface area contributed by atoms with E-state index in [0.717, 1.165) is 20.5 Å². The molecule has 7 aromatic carbocycles. The Morgan fingerprint density at radius 3 is 1.31 bits per heavy atom. The minimum atomic E-state index is -5.40. The molecule has 321 valence electrons. The van der Waals surface area contributed by atoms with Crippen molar-refractivity contribution in [1.29, 1.82) is 0 Å². The van der Waals surface area contributed by atoms with Crippen LogP contribution in [0.3, 0.4) is 0 Å². The van der Waals surface area contributed by atoms with Crippen LogP contribution in [0, 0.1) is 49.4 Å². The molecule has 0 aliphatic carbocycles. The summed E-state index contributed by atoms with van der Waals surface area (Å²) in [6.45, 7) is 2.87. The fourth-order valence-corrected chi connectivity index (χ4v) is 9.85. The van der Waals surface area contributed by atoms with Crippen LogP contribution in [0.5, 0.6) is 5.75 Å². The van der Waals surface area contributed by atoms with Gasteiger partial charge in [-0.2, -0.15) is 13.2 Å². The maximum absolute atomic E-state index is 13.8. The molecule has 0 saturated heterocycles. The van der Waals surface area contributed by atoms with Gasteiger partial charge in [0, 0.05) is 105 Å². The zero-order valence-corrected chi connectivity index (χ0v) is 37.6. The first-order valence-corrected chi connectivity index (χ1v) is 21.3. The molecule has 0 unspecified atom stereocenters. The minimum absolute atomic E-state index is 0. The van der Waals surface area contributed by atoms with E-state index < -0.39 is 36.0 Å². The van der Waals surface area contributed by atoms with E-state index >= 15 is 0 Å². The number of benzene rings is 7. The van der Waals surface area contributed by atoms with Gasteiger partial charge in [-0.1, -0.05) is 109 Å². The Balaban J connectivity index is 0.000000270. The summed E-state index contributed by atoms with van der Waals surface area (Å²) in [5.74, 6) is -3.81. The van der Waals surface area contributed by atoms with E-state index in [0.29, 0.717) is 28.2 Å². The van der Waals surface area contributed by atoms with Crippen LogP contribution in [-0.2, 0) is 4.57 Å². The Kier molecular flexibility index (Phi) is 15.0. The molecule has 13 heteroatoms. The summed E-state index contributed by atoms with van der Waals surface area (Å²) >= 11 is 0. The summed E-state index contributed by atoms with van der Waals surface area (Å²) in [6.07, 6.45) is -5.40. The van der Waals surface area contributed by atoms with Gasteiger partial charge in [0.2, 0.25) is 0 Å². The Labute approximate surface area is 407 Å². The Hall–Kier alpha value is -6.04. The maximum Gasteiger partial charge on any atom is 0.455 e. The van der Waals surface area contributed by atoms with E-state index in [1.165, 1.54) is 44.2 Å². The molecular formula is C51H38EuF3N2O6P. The van der Waals surface area contributed by atoms with Gasteiger partial charge in [0.15, 0.2) is 18.7 Å². The number of aromatic nitrogens is 1. The molecule has 64 heavy (non-hydrogen) atoms. The van der Waals surface area contributed by atoms with E-state index in [1.54, 1.807) is 71.6 Å². The molecular weight excluding hydrogens is 977 g/mol. The van der Waals surface area contributed by atoms with Crippen LogP contribution in [0.2, 0.25) is 0 Å². The number of nitrogens with zero attached hydrogens (tertiary/aromatic N) is 2. The van der Waals surface area contributed by atoms with Gasteiger partial charge < -0.3 is 14.6 Å². The second kappa shape index (κ2) is 20.2. The summed E-state index contributed by atoms with van der Waals surface area (Å²) in [5, 5.41) is 13.3. The number of alkyl halides is 3. The third-order valence-electron chi connectivity index (χ3n) is 10.3. The average molecular weight is 1010 g/mol. The van der Waals surface area contributed by atoms with E-state index in [9.17, 15) is 42.0 Å². The predicted molar refractivity (Wildman–Crippen MR) is 242 cm³/mol. The smallest absolute Gasteiger partial charge is 0.455 e. The maximum atomic E-state index is 13.8. The fraction of sp³-hybridized carbons (Fsp3) is 0.0588. The Bertz CT molecular complexity index is 2900. The molecule has 1 heterocycles. The second-order valence-electron chi connectivity index (χ2n) is 14.4. The molecule has 0 fully saturated rings. The third-order valence-corrected chi connectivity index (χ3v) is 13.4. The number of carbonyl (C=O) groups excluding carboxylic acids is 3. The number of para-hydroxylation sites is 1. The molecule has 0 spiro atoms. The first kappa shape index (κ1) is 47.4. The first-order chi connectivity index (χ1) is 30.2. The van der Waals surface area contributed by atoms with Gasteiger partial charge in [-0.25, -0.2) is 0 Å². The van der Waals surface area contributed by atoms with Crippen molar-refractivity contribution in [2.75, 3.05) is 4.90 Å². The van der Waals surface area contributed by atoms with Crippen molar-refractivity contribution >= 4 is 68.4 Å². The van der Waals surface area contributed by atoms with Crippen molar-refractivity contribution in [2.45, 2.75) is 20.0 Å². The Morgan fingerprint density at radius 2 is 0.938 bits per heavy atom. The van der Waals surface area contributed by atoms with Crippen molar-refractivity contribution in [3.05, 3.63) is 215 Å². The van der Waals surface area contributed by atoms with Crippen LogP contribution in [-0.4, -0.2) is 33.2 Å². The number of hydrogen-bond donors (Lipinski definition) is 1. The van der Waals surface area contributed by atoms with E-state index in [2.05, 4.69) is 0 Å². The van der Waals surface area contributed by atoms with Gasteiger partial charge in [0.1, 0.15) is 11.3 Å². The van der Waals surface area contributed by atoms with Crippen molar-refractivity contribution in [3.63, 3.8) is 0 Å². The standard InChI is InChI=1S/C33H23F3N2O5.C18H15OP.Eu/c1-19(39)21-8-12-24(13-9-21)37(25-14-10-22(11-15-25)20(2)40)26-16-17-27-28(18-26)38(23-6-4-3-5-7-23)32(43)29(30(27)41)31(42)33(34,35)36;19-20(16-10-4-1-5-11-16,17-12-6-2-7-13-17)18-14-8-3-9-15-18;/h3-18,41H,1-2H3;1-15H;. The number of ketones is 3. The normalized spacial score (nSPS) is 11.1. The number of fused-ring (bicyclic) bond motifs is 1. The largest absolute Gasteiger partial charge is 0.506 e. The van der Waals surface area contributed by atoms with Crippen molar-refractivity contribution in [3.8, 4) is 11.4 Å². The predicted octanol–water partition coefficient (Wildman–Crippen LogP) is 10.6. The molecule has 0 aliphatic rings. The quantitative estimate of drug-likeness (QED) is 0.107. The summed E-state index contributed by atoms with van der Waals surface area (Å²) in [5.41, 5.74) is 0.0367. The molecule has 0 saturated carbocycles. The van der Waals surface area contributed by atoms with Gasteiger partial charge in [-0.05, 0) is 92.7 Å². The molecule has 0 bridgehead atoms. The molecule has 0 atom stereocenters. The van der Waals surface area contributed by atoms with Crippen LogP contribution in [0.1, 0.15) is 44.9 Å². The number of aromatic hydroxyl groups is 1. The van der Waals surface area contributed by atoms with Crippen LogP contribution in [0.25, 0.3) is 16.6 Å². The topological polar surface area (TPSA) is 114 Å². The van der Waals surface area contributed by atoms with Crippen molar-refractivity contribution < 1.29 is 86.6 Å². The minimum Gasteiger partial charge on any atom is -0.506 e. The van der Waals surface area contributed by atoms with E-state index in [-0.39, 0.29) is 77.5 Å². The number of Topliss-reactive ketones (excluding diaryl/α,β-unsaturated/α-hetero) is 3. The van der Waals surface area contributed by atoms with Crippen LogP contribution in [0.4, 0.5) is 30.2 Å². The third kappa shape index (κ3) is 9.86. The second-order valence-corrected chi connectivity index (χ2v) is 17.2. The molecule has 1 radical (unpaired) electrons. The summed E-state index contributed by atoms with van der Waals surface area (Å²) in [6, 6.07) is 54.6. The number of hydrogen-bond acceptors (Lipinski definition) is 7. The van der Waals surface area contributed by atoms with Crippen LogP contribution in [0.15, 0.2) is 193 Å². The summed E-state index contributed by atoms with van der Waals surface area (Å²) in [7, 11) is -2.78. The van der Waals surface area contributed by atoms with Gasteiger partial charge in [0.05, 0.1) is 5.52 Å². The molecule has 1 N–H and O–H groups in total. The number of carbonyl (C=O) groups is 3.